The summed E-state index contributed by atoms with van der Waals surface area (Å²) in [5.41, 5.74) is 2.76. The molecule has 0 amide bonds. The molecule has 0 unspecified atom stereocenters. The molecule has 142 valence electrons. The summed E-state index contributed by atoms with van der Waals surface area (Å²) in [5, 5.41) is 5.98. The van der Waals surface area contributed by atoms with E-state index in [4.69, 9.17) is 4.74 Å². The molecule has 0 fully saturated rings. The van der Waals surface area contributed by atoms with Crippen molar-refractivity contribution >= 4 is 10.8 Å². The van der Waals surface area contributed by atoms with Gasteiger partial charge < -0.3 is 10.1 Å². The fourth-order valence-corrected chi connectivity index (χ4v) is 3.33. The quantitative estimate of drug-likeness (QED) is 0.415. The molecule has 0 atom stereocenters. The monoisotopic (exact) mass is 361 g/mol. The molecule has 0 heterocycles. The molecule has 27 heavy (non-hydrogen) atoms. The van der Waals surface area contributed by atoms with Crippen LogP contribution >= 0.6 is 0 Å². The number of rotatable bonds is 11. The number of unbranched alkanes of at least 4 members (excludes halogenated alkanes) is 2. The van der Waals surface area contributed by atoms with Gasteiger partial charge in [0.2, 0.25) is 0 Å². The van der Waals surface area contributed by atoms with E-state index in [1.165, 1.54) is 41.2 Å². The molecule has 1 N–H and O–H groups in total. The van der Waals surface area contributed by atoms with E-state index in [0.717, 1.165) is 38.3 Å². The van der Waals surface area contributed by atoms with Crippen LogP contribution < -0.4 is 10.1 Å². The molecule has 0 aliphatic carbocycles. The summed E-state index contributed by atoms with van der Waals surface area (Å²) in [5.74, 6) is 0.974. The summed E-state index contributed by atoms with van der Waals surface area (Å²) >= 11 is 0. The third kappa shape index (κ3) is 6.41. The van der Waals surface area contributed by atoms with Crippen LogP contribution in [-0.4, -0.2) is 13.2 Å². The number of aryl methyl sites for hydroxylation is 1. The van der Waals surface area contributed by atoms with Crippen molar-refractivity contribution in [3.05, 3.63) is 77.9 Å². The summed E-state index contributed by atoms with van der Waals surface area (Å²) in [6.45, 7) is 4.98. The van der Waals surface area contributed by atoms with E-state index < -0.39 is 0 Å². The van der Waals surface area contributed by atoms with Crippen LogP contribution in [0, 0.1) is 0 Å². The second-order valence-corrected chi connectivity index (χ2v) is 7.16. The predicted octanol–water partition coefficient (Wildman–Crippen LogP) is 6.13. The first-order chi connectivity index (χ1) is 13.3. The highest BCUT2D eigenvalue weighted by atomic mass is 16.5. The van der Waals surface area contributed by atoms with Crippen molar-refractivity contribution in [2.24, 2.45) is 0 Å². The minimum Gasteiger partial charge on any atom is -0.494 e. The molecule has 2 heteroatoms. The van der Waals surface area contributed by atoms with Gasteiger partial charge in [0.1, 0.15) is 5.75 Å². The summed E-state index contributed by atoms with van der Waals surface area (Å²) < 4.78 is 5.96. The van der Waals surface area contributed by atoms with Gasteiger partial charge in [-0.05, 0) is 78.7 Å². The van der Waals surface area contributed by atoms with Crippen molar-refractivity contribution in [2.75, 3.05) is 13.2 Å². The molecule has 2 nitrogen and oxygen atoms in total. The normalized spacial score (nSPS) is 11.0. The van der Waals surface area contributed by atoms with Crippen molar-refractivity contribution < 1.29 is 4.74 Å². The molecule has 0 aromatic heterocycles. The minimum atomic E-state index is 0.791. The molecule has 3 aromatic carbocycles. The highest BCUT2D eigenvalue weighted by Crippen LogP contribution is 2.22. The molecule has 0 bridgehead atoms. The van der Waals surface area contributed by atoms with Crippen LogP contribution in [-0.2, 0) is 13.0 Å². The molecule has 3 aromatic rings. The Hall–Kier alpha value is -2.32. The Bertz CT molecular complexity index is 813. The number of benzene rings is 3. The third-order valence-corrected chi connectivity index (χ3v) is 4.85. The largest absolute Gasteiger partial charge is 0.494 e. The van der Waals surface area contributed by atoms with Crippen LogP contribution in [0.1, 0.15) is 43.7 Å². The Morgan fingerprint density at radius 2 is 1.59 bits per heavy atom. The number of ether oxygens (including phenoxy) is 1. The summed E-state index contributed by atoms with van der Waals surface area (Å²) in [6, 6.07) is 23.8. The summed E-state index contributed by atoms with van der Waals surface area (Å²) in [4.78, 5) is 0. The van der Waals surface area contributed by atoms with E-state index in [2.05, 4.69) is 79.0 Å². The van der Waals surface area contributed by atoms with Crippen LogP contribution in [0.5, 0.6) is 5.75 Å². The lowest BCUT2D eigenvalue weighted by atomic mass is 10.1. The van der Waals surface area contributed by atoms with E-state index in [-0.39, 0.29) is 0 Å². The van der Waals surface area contributed by atoms with Gasteiger partial charge in [-0.25, -0.2) is 0 Å². The molecule has 0 aliphatic rings. The van der Waals surface area contributed by atoms with Crippen molar-refractivity contribution in [1.82, 2.24) is 5.32 Å². The van der Waals surface area contributed by atoms with Crippen LogP contribution in [0.3, 0.4) is 0 Å². The molecule has 0 saturated heterocycles. The van der Waals surface area contributed by atoms with Gasteiger partial charge in [0.05, 0.1) is 6.61 Å². The van der Waals surface area contributed by atoms with Crippen molar-refractivity contribution in [3.63, 3.8) is 0 Å². The van der Waals surface area contributed by atoms with E-state index in [1.807, 2.05) is 0 Å². The molecule has 0 aliphatic heterocycles. The maximum absolute atomic E-state index is 5.96. The standard InChI is InChI=1S/C25H31NO/c1-2-16-26-20-22-12-13-24-19-25(15-14-23(24)18-22)27-17-8-4-7-11-21-9-5-3-6-10-21/h3,5-6,9-10,12-15,18-19,26H,2,4,7-8,11,16-17,20H2,1H3. The lowest BCUT2D eigenvalue weighted by Gasteiger charge is -2.09. The van der Waals surface area contributed by atoms with Crippen LogP contribution in [0.4, 0.5) is 0 Å². The van der Waals surface area contributed by atoms with Gasteiger partial charge in [-0.15, -0.1) is 0 Å². The van der Waals surface area contributed by atoms with Crippen LogP contribution in [0.15, 0.2) is 66.7 Å². The van der Waals surface area contributed by atoms with Gasteiger partial charge >= 0.3 is 0 Å². The Morgan fingerprint density at radius 1 is 0.778 bits per heavy atom. The van der Waals surface area contributed by atoms with Crippen LogP contribution in [0.25, 0.3) is 10.8 Å². The van der Waals surface area contributed by atoms with E-state index in [9.17, 15) is 0 Å². The van der Waals surface area contributed by atoms with Crippen molar-refractivity contribution in [1.29, 1.82) is 0 Å². The number of hydrogen-bond donors (Lipinski definition) is 1. The van der Waals surface area contributed by atoms with Gasteiger partial charge in [-0.2, -0.15) is 0 Å². The highest BCUT2D eigenvalue weighted by molar-refractivity contribution is 5.84. The Morgan fingerprint density at radius 3 is 2.44 bits per heavy atom. The number of nitrogens with one attached hydrogen (secondary N) is 1. The lowest BCUT2D eigenvalue weighted by molar-refractivity contribution is 0.305. The number of fused-ring (bicyclic) bond motifs is 1. The Balaban J connectivity index is 1.41. The van der Waals surface area contributed by atoms with Crippen LogP contribution in [0.2, 0.25) is 0 Å². The first-order valence-corrected chi connectivity index (χ1v) is 10.3. The first kappa shape index (κ1) is 19.4. The fourth-order valence-electron chi connectivity index (χ4n) is 3.33. The molecule has 0 spiro atoms. The zero-order valence-electron chi connectivity index (χ0n) is 16.4. The highest BCUT2D eigenvalue weighted by Gasteiger charge is 2.00. The lowest BCUT2D eigenvalue weighted by Crippen LogP contribution is -2.13. The Labute approximate surface area is 163 Å². The van der Waals surface area contributed by atoms with Crippen molar-refractivity contribution in [2.45, 2.75) is 45.6 Å². The van der Waals surface area contributed by atoms with E-state index in [0.29, 0.717) is 0 Å². The van der Waals surface area contributed by atoms with E-state index >= 15 is 0 Å². The van der Waals surface area contributed by atoms with Crippen molar-refractivity contribution in [3.8, 4) is 5.75 Å². The first-order valence-electron chi connectivity index (χ1n) is 10.3. The minimum absolute atomic E-state index is 0.791. The van der Waals surface area contributed by atoms with Gasteiger partial charge in [0.15, 0.2) is 0 Å². The fraction of sp³-hybridized carbons (Fsp3) is 0.360. The third-order valence-electron chi connectivity index (χ3n) is 4.85. The van der Waals surface area contributed by atoms with Gasteiger partial charge in [0.25, 0.3) is 0 Å². The number of hydrogen-bond acceptors (Lipinski definition) is 2. The average molecular weight is 362 g/mol. The van der Waals surface area contributed by atoms with Gasteiger partial charge in [-0.1, -0.05) is 55.5 Å². The molecule has 3 rings (SSSR count). The average Bonchev–Trinajstić information content (AvgIpc) is 2.71. The van der Waals surface area contributed by atoms with Gasteiger partial charge in [-0.3, -0.25) is 0 Å². The maximum atomic E-state index is 5.96. The summed E-state index contributed by atoms with van der Waals surface area (Å²) in [6.07, 6.45) is 5.86. The molecule has 0 saturated carbocycles. The van der Waals surface area contributed by atoms with Gasteiger partial charge in [0, 0.05) is 6.54 Å². The second kappa shape index (κ2) is 10.7. The Kier molecular flexibility index (Phi) is 7.73. The maximum Gasteiger partial charge on any atom is 0.119 e. The zero-order chi connectivity index (χ0) is 18.7. The van der Waals surface area contributed by atoms with E-state index in [1.54, 1.807) is 0 Å². The molecule has 0 radical (unpaired) electrons. The predicted molar refractivity (Wildman–Crippen MR) is 115 cm³/mol. The SMILES string of the molecule is CCCNCc1ccc2cc(OCCCCCc3ccccc3)ccc2c1. The molecular weight excluding hydrogens is 330 g/mol. The topological polar surface area (TPSA) is 21.3 Å². The summed E-state index contributed by atoms with van der Waals surface area (Å²) in [7, 11) is 0. The smallest absolute Gasteiger partial charge is 0.119 e. The second-order valence-electron chi connectivity index (χ2n) is 7.16. The zero-order valence-corrected chi connectivity index (χ0v) is 16.4. The molecular formula is C25H31NO.